The molecule has 1 aromatic rings. The fourth-order valence-electron chi connectivity index (χ4n) is 0.728. The molecule has 0 aliphatic rings. The molecule has 0 amide bonds. The number of hydrogen-bond acceptors (Lipinski definition) is 2. The van der Waals surface area contributed by atoms with Crippen molar-refractivity contribution in [3.8, 4) is 0 Å². The second kappa shape index (κ2) is 5.93. The van der Waals surface area contributed by atoms with Crippen LogP contribution in [0.2, 0.25) is 0 Å². The molecular weight excluding hydrogens is 253 g/mol. The van der Waals surface area contributed by atoms with E-state index >= 15 is 0 Å². The normalized spacial score (nSPS) is 9.33. The quantitative estimate of drug-likeness (QED) is 0.571. The molecule has 0 aromatic heterocycles. The van der Waals surface area contributed by atoms with Crippen molar-refractivity contribution in [2.24, 2.45) is 0 Å². The minimum Gasteiger partial charge on any atom is -0.545 e. The van der Waals surface area contributed by atoms with E-state index in [-0.39, 0.29) is 27.3 Å². The van der Waals surface area contributed by atoms with E-state index in [1.165, 1.54) is 6.08 Å². The number of carbonyl (C=O) groups excluding carboxylic acids is 1. The summed E-state index contributed by atoms with van der Waals surface area (Å²) in [7, 11) is 0. The first kappa shape index (κ1) is 11.4. The molecular formula is C9H7CdO2-. The molecule has 2 nitrogen and oxygen atoms in total. The maximum Gasteiger partial charge on any atom is 0.0643 e. The molecule has 0 heterocycles. The molecule has 0 N–H and O–H groups in total. The van der Waals surface area contributed by atoms with Crippen LogP contribution in [0.3, 0.4) is 0 Å². The zero-order valence-electron chi connectivity index (χ0n) is 6.57. The third-order valence-corrected chi connectivity index (χ3v) is 1.21. The molecule has 0 atom stereocenters. The van der Waals surface area contributed by atoms with Gasteiger partial charge in [0.25, 0.3) is 0 Å². The van der Waals surface area contributed by atoms with Gasteiger partial charge in [0.05, 0.1) is 5.97 Å². The monoisotopic (exact) mass is 261 g/mol. The van der Waals surface area contributed by atoms with Crippen molar-refractivity contribution in [2.45, 2.75) is 0 Å². The van der Waals surface area contributed by atoms with Crippen LogP contribution in [-0.2, 0) is 32.1 Å². The molecule has 0 bridgehead atoms. The van der Waals surface area contributed by atoms with Gasteiger partial charge in [-0.15, -0.1) is 0 Å². The van der Waals surface area contributed by atoms with Gasteiger partial charge in [-0.1, -0.05) is 36.4 Å². The van der Waals surface area contributed by atoms with Crippen LogP contribution in [0.25, 0.3) is 6.08 Å². The third kappa shape index (κ3) is 4.28. The van der Waals surface area contributed by atoms with Gasteiger partial charge in [-0.05, 0) is 11.6 Å². The van der Waals surface area contributed by atoms with Crippen LogP contribution >= 0.6 is 0 Å². The van der Waals surface area contributed by atoms with Gasteiger partial charge >= 0.3 is 0 Å². The Morgan fingerprint density at radius 3 is 2.33 bits per heavy atom. The number of aliphatic carboxylic acids is 1. The van der Waals surface area contributed by atoms with Crippen molar-refractivity contribution in [2.75, 3.05) is 0 Å². The van der Waals surface area contributed by atoms with Gasteiger partial charge in [-0.2, -0.15) is 0 Å². The van der Waals surface area contributed by atoms with Crippen molar-refractivity contribution in [3.05, 3.63) is 42.0 Å². The van der Waals surface area contributed by atoms with Crippen LogP contribution in [0.1, 0.15) is 5.56 Å². The number of carboxylic acids is 1. The standard InChI is InChI=1S/C9H8O2.Cd/c10-9(11)7-6-8-4-2-1-3-5-8;/h1-7H,(H,10,11);/p-1/b7-6+;. The Kier molecular flexibility index (Phi) is 5.61. The topological polar surface area (TPSA) is 40.1 Å². The fraction of sp³-hybridized carbons (Fsp3) is 0. The van der Waals surface area contributed by atoms with E-state index in [9.17, 15) is 9.90 Å². The first-order valence-corrected chi connectivity index (χ1v) is 3.23. The zero-order chi connectivity index (χ0) is 8.10. The van der Waals surface area contributed by atoms with Gasteiger partial charge in [0.2, 0.25) is 0 Å². The van der Waals surface area contributed by atoms with E-state index in [2.05, 4.69) is 0 Å². The van der Waals surface area contributed by atoms with Crippen molar-refractivity contribution >= 4 is 12.0 Å². The molecule has 1 aromatic carbocycles. The Morgan fingerprint density at radius 2 is 1.83 bits per heavy atom. The van der Waals surface area contributed by atoms with Crippen LogP contribution in [0.4, 0.5) is 0 Å². The minimum absolute atomic E-state index is 0. The summed E-state index contributed by atoms with van der Waals surface area (Å²) in [6.45, 7) is 0. The van der Waals surface area contributed by atoms with Gasteiger partial charge in [0.15, 0.2) is 0 Å². The van der Waals surface area contributed by atoms with E-state index in [4.69, 9.17) is 0 Å². The van der Waals surface area contributed by atoms with Crippen LogP contribution in [0, 0.1) is 0 Å². The van der Waals surface area contributed by atoms with Gasteiger partial charge in [0.1, 0.15) is 0 Å². The SMILES string of the molecule is O=C([O-])/C=C/c1ccccc1.[Cd]. The number of benzene rings is 1. The Bertz CT molecular complexity index is 267. The van der Waals surface area contributed by atoms with Crippen molar-refractivity contribution in [3.63, 3.8) is 0 Å². The van der Waals surface area contributed by atoms with Gasteiger partial charge in [0, 0.05) is 27.3 Å². The first-order valence-electron chi connectivity index (χ1n) is 3.23. The summed E-state index contributed by atoms with van der Waals surface area (Å²) in [5.41, 5.74) is 0.858. The number of carbonyl (C=O) groups is 1. The maximum atomic E-state index is 9.97. The second-order valence-electron chi connectivity index (χ2n) is 2.06. The van der Waals surface area contributed by atoms with Crippen molar-refractivity contribution in [1.82, 2.24) is 0 Å². The van der Waals surface area contributed by atoms with Crippen LogP contribution in [-0.4, -0.2) is 5.97 Å². The maximum absolute atomic E-state index is 9.97. The smallest absolute Gasteiger partial charge is 0.0643 e. The molecule has 0 fully saturated rings. The van der Waals surface area contributed by atoms with Gasteiger partial charge < -0.3 is 9.90 Å². The molecule has 0 radical (unpaired) electrons. The summed E-state index contributed by atoms with van der Waals surface area (Å²) in [5.74, 6) is -1.17. The van der Waals surface area contributed by atoms with Gasteiger partial charge in [-0.3, -0.25) is 0 Å². The molecule has 0 spiro atoms. The molecule has 0 aliphatic carbocycles. The van der Waals surface area contributed by atoms with E-state index < -0.39 is 5.97 Å². The summed E-state index contributed by atoms with van der Waals surface area (Å²) in [4.78, 5) is 9.97. The predicted molar refractivity (Wildman–Crippen MR) is 40.5 cm³/mol. The van der Waals surface area contributed by atoms with E-state index in [1.54, 1.807) is 0 Å². The molecule has 3 heteroatoms. The number of rotatable bonds is 2. The molecule has 0 saturated carbocycles. The largest absolute Gasteiger partial charge is 0.545 e. The van der Waals surface area contributed by atoms with Crippen molar-refractivity contribution < 1.29 is 37.2 Å². The molecule has 12 heavy (non-hydrogen) atoms. The summed E-state index contributed by atoms with van der Waals surface area (Å²) < 4.78 is 0. The van der Waals surface area contributed by atoms with Crippen LogP contribution in [0.5, 0.6) is 0 Å². The summed E-state index contributed by atoms with van der Waals surface area (Å²) in [6, 6.07) is 9.19. The third-order valence-electron chi connectivity index (χ3n) is 1.21. The summed E-state index contributed by atoms with van der Waals surface area (Å²) in [5, 5.41) is 9.97. The summed E-state index contributed by atoms with van der Waals surface area (Å²) >= 11 is 0. The van der Waals surface area contributed by atoms with E-state index in [1.807, 2.05) is 30.3 Å². The minimum atomic E-state index is -1.17. The van der Waals surface area contributed by atoms with E-state index in [0.717, 1.165) is 11.6 Å². The Morgan fingerprint density at radius 1 is 1.25 bits per heavy atom. The van der Waals surface area contributed by atoms with Crippen molar-refractivity contribution in [1.29, 1.82) is 0 Å². The molecule has 1 rings (SSSR count). The second-order valence-corrected chi connectivity index (χ2v) is 2.06. The number of hydrogen-bond donors (Lipinski definition) is 0. The van der Waals surface area contributed by atoms with Gasteiger partial charge in [-0.25, -0.2) is 0 Å². The first-order chi connectivity index (χ1) is 5.29. The van der Waals surface area contributed by atoms with E-state index in [0.29, 0.717) is 0 Å². The molecule has 0 unspecified atom stereocenters. The Hall–Kier alpha value is -0.648. The molecule has 0 aliphatic heterocycles. The molecule has 58 valence electrons. The Labute approximate surface area is 91.1 Å². The zero-order valence-corrected chi connectivity index (χ0v) is 10.6. The summed E-state index contributed by atoms with van der Waals surface area (Å²) in [6.07, 6.45) is 2.50. The average Bonchev–Trinajstić information content (AvgIpc) is 2.03. The van der Waals surface area contributed by atoms with Crippen LogP contribution < -0.4 is 5.11 Å². The van der Waals surface area contributed by atoms with Crippen LogP contribution in [0.15, 0.2) is 36.4 Å². The molecule has 0 saturated heterocycles. The average molecular weight is 260 g/mol. The predicted octanol–water partition coefficient (Wildman–Crippen LogP) is 0.447. The Balaban J connectivity index is 0.00000121. The fourth-order valence-corrected chi connectivity index (χ4v) is 0.728. The number of carboxylic acid groups (broad SMARTS) is 1.